The topological polar surface area (TPSA) is 71.5 Å². The maximum absolute atomic E-state index is 12.8. The molecule has 1 N–H and O–H groups in total. The van der Waals surface area contributed by atoms with E-state index >= 15 is 0 Å². The molecule has 1 aromatic rings. The maximum Gasteiger partial charge on any atom is 0.227 e. The number of morpholine rings is 1. The highest BCUT2D eigenvalue weighted by molar-refractivity contribution is 5.79. The van der Waals surface area contributed by atoms with Crippen molar-refractivity contribution in [2.75, 3.05) is 66.8 Å². The molecule has 0 unspecified atom stereocenters. The Morgan fingerprint density at radius 3 is 2.52 bits per heavy atom. The lowest BCUT2D eigenvalue weighted by atomic mass is 9.96. The van der Waals surface area contributed by atoms with Gasteiger partial charge in [0.05, 0.1) is 33.9 Å². The van der Waals surface area contributed by atoms with Gasteiger partial charge in [0.15, 0.2) is 11.5 Å². The van der Waals surface area contributed by atoms with E-state index in [1.807, 2.05) is 23.1 Å². The summed E-state index contributed by atoms with van der Waals surface area (Å²) < 4.78 is 16.0. The molecule has 7 heteroatoms. The summed E-state index contributed by atoms with van der Waals surface area (Å²) in [6, 6.07) is 5.56. The molecule has 3 rings (SSSR count). The number of rotatable bonds is 7. The number of benzene rings is 1. The molecule has 0 spiro atoms. The molecule has 1 aromatic carbocycles. The highest BCUT2D eigenvalue weighted by Gasteiger charge is 2.35. The molecule has 2 saturated heterocycles. The number of methoxy groups -OCH3 is 2. The minimum atomic E-state index is 0.0881. The summed E-state index contributed by atoms with van der Waals surface area (Å²) in [5.74, 6) is 1.82. The second-order valence-corrected chi connectivity index (χ2v) is 7.28. The molecule has 0 aromatic heterocycles. The zero-order valence-electron chi connectivity index (χ0n) is 16.2. The Kier molecular flexibility index (Phi) is 6.93. The normalized spacial score (nSPS) is 23.4. The Bertz CT molecular complexity index is 633. The predicted molar refractivity (Wildman–Crippen MR) is 101 cm³/mol. The van der Waals surface area contributed by atoms with Crippen molar-refractivity contribution >= 4 is 5.91 Å². The minimum Gasteiger partial charge on any atom is -0.493 e. The lowest BCUT2D eigenvalue weighted by molar-refractivity contribution is -0.129. The van der Waals surface area contributed by atoms with E-state index in [0.717, 1.165) is 38.4 Å². The van der Waals surface area contributed by atoms with E-state index in [2.05, 4.69) is 4.90 Å². The molecule has 0 bridgehead atoms. The molecule has 0 aliphatic carbocycles. The van der Waals surface area contributed by atoms with Crippen molar-refractivity contribution in [3.05, 3.63) is 23.8 Å². The molecule has 1 amide bonds. The first-order valence-electron chi connectivity index (χ1n) is 9.54. The van der Waals surface area contributed by atoms with E-state index in [-0.39, 0.29) is 18.4 Å². The molecular formula is C20H30N2O5. The van der Waals surface area contributed by atoms with Gasteiger partial charge in [-0.15, -0.1) is 0 Å². The quantitative estimate of drug-likeness (QED) is 0.751. The number of carbonyl (C=O) groups excluding carboxylic acids is 1. The second-order valence-electron chi connectivity index (χ2n) is 7.28. The zero-order chi connectivity index (χ0) is 19.2. The van der Waals surface area contributed by atoms with Crippen molar-refractivity contribution in [3.63, 3.8) is 0 Å². The van der Waals surface area contributed by atoms with Crippen LogP contribution < -0.4 is 9.47 Å². The second kappa shape index (κ2) is 9.39. The fourth-order valence-electron chi connectivity index (χ4n) is 3.95. The summed E-state index contributed by atoms with van der Waals surface area (Å²) in [6.07, 6.45) is 0.322. The van der Waals surface area contributed by atoms with E-state index in [0.29, 0.717) is 36.9 Å². The molecule has 150 valence electrons. The van der Waals surface area contributed by atoms with Crippen LogP contribution in [0.2, 0.25) is 0 Å². The average Bonchev–Trinajstić information content (AvgIpc) is 3.11. The smallest absolute Gasteiger partial charge is 0.227 e. The molecule has 2 aliphatic rings. The van der Waals surface area contributed by atoms with Gasteiger partial charge in [-0.1, -0.05) is 6.07 Å². The van der Waals surface area contributed by atoms with Crippen LogP contribution in [0.25, 0.3) is 0 Å². The van der Waals surface area contributed by atoms with Crippen LogP contribution in [0.5, 0.6) is 11.5 Å². The predicted octanol–water partition coefficient (Wildman–Crippen LogP) is 0.645. The highest BCUT2D eigenvalue weighted by Crippen LogP contribution is 2.29. The lowest BCUT2D eigenvalue weighted by Gasteiger charge is -2.30. The average molecular weight is 378 g/mol. The molecule has 2 fully saturated rings. The number of hydrogen-bond donors (Lipinski definition) is 1. The van der Waals surface area contributed by atoms with Crippen LogP contribution >= 0.6 is 0 Å². The van der Waals surface area contributed by atoms with Crippen molar-refractivity contribution in [1.29, 1.82) is 0 Å². The molecule has 2 heterocycles. The molecule has 7 nitrogen and oxygen atoms in total. The Morgan fingerprint density at radius 1 is 1.15 bits per heavy atom. The van der Waals surface area contributed by atoms with Crippen molar-refractivity contribution in [3.8, 4) is 11.5 Å². The van der Waals surface area contributed by atoms with Crippen molar-refractivity contribution in [1.82, 2.24) is 9.80 Å². The minimum absolute atomic E-state index is 0.0881. The summed E-state index contributed by atoms with van der Waals surface area (Å²) in [4.78, 5) is 17.1. The van der Waals surface area contributed by atoms with E-state index in [1.165, 1.54) is 0 Å². The van der Waals surface area contributed by atoms with Crippen LogP contribution in [0, 0.1) is 11.8 Å². The van der Waals surface area contributed by atoms with Gasteiger partial charge < -0.3 is 24.2 Å². The van der Waals surface area contributed by atoms with Crippen LogP contribution in [0.1, 0.15) is 5.56 Å². The van der Waals surface area contributed by atoms with E-state index in [4.69, 9.17) is 14.2 Å². The largest absolute Gasteiger partial charge is 0.493 e. The van der Waals surface area contributed by atoms with Gasteiger partial charge in [-0.25, -0.2) is 0 Å². The van der Waals surface area contributed by atoms with E-state index in [9.17, 15) is 9.90 Å². The van der Waals surface area contributed by atoms with Gasteiger partial charge in [0, 0.05) is 45.2 Å². The van der Waals surface area contributed by atoms with Gasteiger partial charge in [-0.3, -0.25) is 9.69 Å². The monoisotopic (exact) mass is 378 g/mol. The first-order valence-corrected chi connectivity index (χ1v) is 9.54. The van der Waals surface area contributed by atoms with Crippen molar-refractivity contribution in [2.24, 2.45) is 11.8 Å². The molecule has 2 atom stereocenters. The fraction of sp³-hybridized carbons (Fsp3) is 0.650. The summed E-state index contributed by atoms with van der Waals surface area (Å²) in [5, 5.41) is 9.77. The number of aliphatic hydroxyl groups is 1. The Morgan fingerprint density at radius 2 is 1.85 bits per heavy atom. The number of carbonyl (C=O) groups is 1. The fourth-order valence-corrected chi connectivity index (χ4v) is 3.95. The molecule has 27 heavy (non-hydrogen) atoms. The maximum atomic E-state index is 12.8. The number of aliphatic hydroxyl groups excluding tert-OH is 1. The van der Waals surface area contributed by atoms with Crippen molar-refractivity contribution < 1.29 is 24.1 Å². The molecule has 0 radical (unpaired) electrons. The molecule has 2 aliphatic heterocycles. The highest BCUT2D eigenvalue weighted by atomic mass is 16.5. The summed E-state index contributed by atoms with van der Waals surface area (Å²) in [6.45, 7) is 5.73. The number of hydrogen-bond acceptors (Lipinski definition) is 6. The van der Waals surface area contributed by atoms with E-state index < -0.39 is 0 Å². The lowest BCUT2D eigenvalue weighted by Crippen LogP contribution is -2.41. The first kappa shape index (κ1) is 19.9. The Balaban J connectivity index is 1.59. The van der Waals surface area contributed by atoms with E-state index in [1.54, 1.807) is 14.2 Å². The summed E-state index contributed by atoms with van der Waals surface area (Å²) in [5.41, 5.74) is 0.898. The zero-order valence-corrected chi connectivity index (χ0v) is 16.2. The van der Waals surface area contributed by atoms with Gasteiger partial charge in [0.2, 0.25) is 5.91 Å². The van der Waals surface area contributed by atoms with Gasteiger partial charge in [-0.2, -0.15) is 0 Å². The third-order valence-electron chi connectivity index (χ3n) is 5.56. The third kappa shape index (κ3) is 4.91. The van der Waals surface area contributed by atoms with Gasteiger partial charge >= 0.3 is 0 Å². The van der Waals surface area contributed by atoms with Crippen LogP contribution in [0.4, 0.5) is 0 Å². The van der Waals surface area contributed by atoms with Crippen LogP contribution in [-0.4, -0.2) is 87.6 Å². The van der Waals surface area contributed by atoms with Gasteiger partial charge in [0.1, 0.15) is 0 Å². The first-order chi connectivity index (χ1) is 13.1. The Labute approximate surface area is 160 Å². The third-order valence-corrected chi connectivity index (χ3v) is 5.56. The Hall–Kier alpha value is -1.83. The van der Waals surface area contributed by atoms with Crippen molar-refractivity contribution in [2.45, 2.75) is 6.42 Å². The summed E-state index contributed by atoms with van der Waals surface area (Å²) in [7, 11) is 3.18. The van der Waals surface area contributed by atoms with Crippen LogP contribution in [0.3, 0.4) is 0 Å². The number of nitrogens with zero attached hydrogens (tertiary/aromatic N) is 2. The number of amides is 1. The number of likely N-dealkylation sites (tertiary alicyclic amines) is 1. The van der Waals surface area contributed by atoms with Crippen LogP contribution in [-0.2, 0) is 16.0 Å². The van der Waals surface area contributed by atoms with Gasteiger partial charge in [0.25, 0.3) is 0 Å². The van der Waals surface area contributed by atoms with Gasteiger partial charge in [-0.05, 0) is 23.6 Å². The molecular weight excluding hydrogens is 348 g/mol. The standard InChI is InChI=1S/C20H30N2O5/c1-25-18-4-3-15(9-19(18)26-2)10-20(24)22-12-16(17(13-22)14-23)11-21-5-7-27-8-6-21/h3-4,9,16-17,23H,5-8,10-14H2,1-2H3/t16-,17-/m1/s1. The SMILES string of the molecule is COc1ccc(CC(=O)N2C[C@@H](CN3CCOCC3)[C@@H](CO)C2)cc1OC. The molecule has 0 saturated carbocycles. The number of ether oxygens (including phenoxy) is 3. The summed E-state index contributed by atoms with van der Waals surface area (Å²) >= 11 is 0. The van der Waals surface area contributed by atoms with Crippen LogP contribution in [0.15, 0.2) is 18.2 Å².